The van der Waals surface area contributed by atoms with E-state index in [1.807, 2.05) is 91.0 Å². The highest BCUT2D eigenvalue weighted by Crippen LogP contribution is 2.25. The summed E-state index contributed by atoms with van der Waals surface area (Å²) in [5.41, 5.74) is 1.24. The van der Waals surface area contributed by atoms with Gasteiger partial charge in [0.05, 0.1) is 7.11 Å². The van der Waals surface area contributed by atoms with Crippen LogP contribution in [-0.4, -0.2) is 89.5 Å². The molecule has 0 spiro atoms. The van der Waals surface area contributed by atoms with E-state index in [0.29, 0.717) is 38.5 Å². The fraction of sp³-hybridized carbons (Fsp3) is 0.404. The van der Waals surface area contributed by atoms with Gasteiger partial charge in [-0.2, -0.15) is 0 Å². The Labute approximate surface area is 468 Å². The number of hydrogen-bond acceptors (Lipinski definition) is 18. The van der Waals surface area contributed by atoms with Crippen LogP contribution in [-0.2, 0) is 43.5 Å². The molecule has 432 valence electrons. The first kappa shape index (κ1) is 61.0. The number of rotatable bonds is 30. The lowest BCUT2D eigenvalue weighted by Gasteiger charge is -2.22. The minimum absolute atomic E-state index is 0.00895. The number of carbonyl (C=O) groups excluding carboxylic acids is 7. The van der Waals surface area contributed by atoms with Crippen molar-refractivity contribution in [3.63, 3.8) is 0 Å². The molecule has 24 heteroatoms. The average molecular weight is 1120 g/mol. The molecule has 6 amide bonds. The molecule has 0 aliphatic rings. The zero-order chi connectivity index (χ0) is 57.8. The number of benzene rings is 3. The number of ether oxygens (including phenoxy) is 5. The number of oxazole rings is 3. The second kappa shape index (κ2) is 32.0. The zero-order valence-electron chi connectivity index (χ0n) is 45.7. The summed E-state index contributed by atoms with van der Waals surface area (Å²) < 4.78 is 43.4. The second-order valence-electron chi connectivity index (χ2n) is 19.4. The number of hydrogen-bond donors (Lipinski definition) is 6. The van der Waals surface area contributed by atoms with Gasteiger partial charge in [0.25, 0.3) is 11.8 Å². The number of amides is 6. The molecule has 0 unspecified atom stereocenters. The normalized spacial score (nSPS) is 12.1. The molecule has 3 atom stereocenters. The van der Waals surface area contributed by atoms with Crippen LogP contribution in [0, 0.1) is 0 Å². The maximum Gasteiger partial charge on any atom is 0.408 e. The van der Waals surface area contributed by atoms with Crippen LogP contribution in [0.5, 0.6) is 0 Å². The van der Waals surface area contributed by atoms with E-state index < -0.39 is 65.9 Å². The van der Waals surface area contributed by atoms with E-state index in [1.165, 1.54) is 7.11 Å². The van der Waals surface area contributed by atoms with Crippen LogP contribution in [0.15, 0.2) is 123 Å². The Morgan fingerprint density at radius 2 is 0.790 bits per heavy atom. The Bertz CT molecular complexity index is 2920. The van der Waals surface area contributed by atoms with E-state index in [0.717, 1.165) is 35.5 Å². The van der Waals surface area contributed by atoms with E-state index in [2.05, 4.69) is 46.9 Å². The molecule has 6 aromatic rings. The minimum Gasteiger partial charge on any atom is -0.464 e. The molecular weight excluding hydrogens is 1050 g/mol. The van der Waals surface area contributed by atoms with Gasteiger partial charge in [-0.05, 0) is 95.2 Å². The smallest absolute Gasteiger partial charge is 0.408 e. The number of unbranched alkanes of at least 4 members (excludes halogenated alkanes) is 3. The summed E-state index contributed by atoms with van der Waals surface area (Å²) in [5, 5.41) is 16.6. The van der Waals surface area contributed by atoms with Crippen molar-refractivity contribution in [3.05, 3.63) is 161 Å². The molecule has 0 aliphatic carbocycles. The zero-order valence-corrected chi connectivity index (χ0v) is 45.7. The number of esters is 1. The van der Waals surface area contributed by atoms with E-state index in [4.69, 9.17) is 36.9 Å². The highest BCUT2D eigenvalue weighted by molar-refractivity contribution is 5.93. The minimum atomic E-state index is -0.955. The lowest BCUT2D eigenvalue weighted by Crippen LogP contribution is -2.35. The maximum atomic E-state index is 14.0. The van der Waals surface area contributed by atoms with Gasteiger partial charge in [-0.15, -0.1) is 0 Å². The third kappa shape index (κ3) is 21.9. The molecule has 3 aromatic carbocycles. The molecule has 0 bridgehead atoms. The predicted molar refractivity (Wildman–Crippen MR) is 289 cm³/mol. The summed E-state index contributed by atoms with van der Waals surface area (Å²) in [4.78, 5) is 104. The number of methoxy groups -OCH3 is 1. The maximum absolute atomic E-state index is 14.0. The molecule has 0 aliphatic heterocycles. The van der Waals surface area contributed by atoms with Crippen molar-refractivity contribution in [3.8, 4) is 0 Å². The third-order valence-electron chi connectivity index (χ3n) is 11.8. The van der Waals surface area contributed by atoms with Crippen molar-refractivity contribution in [2.24, 2.45) is 0 Å². The fourth-order valence-electron chi connectivity index (χ4n) is 7.75. The molecule has 0 radical (unpaired) electrons. The van der Waals surface area contributed by atoms with Gasteiger partial charge >= 0.3 is 30.3 Å². The van der Waals surface area contributed by atoms with Crippen molar-refractivity contribution >= 4 is 42.2 Å². The quantitative estimate of drug-likeness (QED) is 0.0139. The molecule has 0 saturated heterocycles. The summed E-state index contributed by atoms with van der Waals surface area (Å²) in [6, 6.07) is 25.0. The van der Waals surface area contributed by atoms with Gasteiger partial charge in [-0.25, -0.2) is 38.9 Å². The van der Waals surface area contributed by atoms with E-state index in [-0.39, 0.29) is 93.5 Å². The largest absolute Gasteiger partial charge is 0.464 e. The summed E-state index contributed by atoms with van der Waals surface area (Å²) in [5.74, 6) is -2.19. The Hall–Kier alpha value is -9.22. The highest BCUT2D eigenvalue weighted by Gasteiger charge is 2.29. The number of nitrogens with one attached hydrogen (secondary N) is 6. The number of nitrogens with zero attached hydrogens (tertiary/aromatic N) is 3. The van der Waals surface area contributed by atoms with Gasteiger partial charge in [-0.1, -0.05) is 91.0 Å². The van der Waals surface area contributed by atoms with E-state index >= 15 is 0 Å². The SMILES string of the molecule is COC(=O)c1coc([C@H](CCCCNC(=O)OCc2ccccc2)NC(=O)c2coc([C@H](CCCCNC(=O)OCc3ccccc3)NC(=O)c3coc([C@H](CCCCNC(=O)OCc4ccccc4)NC(=O)OC(C)(C)C)n3)n2)n1. The third-order valence-corrected chi connectivity index (χ3v) is 11.8. The number of aromatic nitrogens is 3. The lowest BCUT2D eigenvalue weighted by atomic mass is 10.1. The molecule has 0 saturated carbocycles. The Kier molecular flexibility index (Phi) is 24.1. The first-order valence-electron chi connectivity index (χ1n) is 26.5. The van der Waals surface area contributed by atoms with Crippen LogP contribution in [0.1, 0.15) is 163 Å². The van der Waals surface area contributed by atoms with Gasteiger partial charge in [-0.3, -0.25) is 9.59 Å². The van der Waals surface area contributed by atoms with Crippen molar-refractivity contribution in [1.82, 2.24) is 46.9 Å². The molecule has 81 heavy (non-hydrogen) atoms. The van der Waals surface area contributed by atoms with Gasteiger partial charge in [0.15, 0.2) is 17.1 Å². The van der Waals surface area contributed by atoms with Gasteiger partial charge in [0.1, 0.15) is 62.3 Å². The van der Waals surface area contributed by atoms with Gasteiger partial charge < -0.3 is 68.8 Å². The Balaban J connectivity index is 1.10. The molecular formula is C57H69N9O15. The van der Waals surface area contributed by atoms with Crippen molar-refractivity contribution in [1.29, 1.82) is 0 Å². The van der Waals surface area contributed by atoms with Crippen molar-refractivity contribution in [2.75, 3.05) is 26.7 Å². The summed E-state index contributed by atoms with van der Waals surface area (Å²) >= 11 is 0. The van der Waals surface area contributed by atoms with Crippen LogP contribution in [0.2, 0.25) is 0 Å². The van der Waals surface area contributed by atoms with Crippen LogP contribution >= 0.6 is 0 Å². The van der Waals surface area contributed by atoms with Gasteiger partial charge in [0.2, 0.25) is 17.7 Å². The fourth-order valence-corrected chi connectivity index (χ4v) is 7.75. The van der Waals surface area contributed by atoms with Crippen molar-refractivity contribution in [2.45, 2.75) is 122 Å². The second-order valence-corrected chi connectivity index (χ2v) is 19.4. The van der Waals surface area contributed by atoms with E-state index in [9.17, 15) is 33.6 Å². The number of alkyl carbamates (subject to hydrolysis) is 4. The first-order chi connectivity index (χ1) is 39.1. The van der Waals surface area contributed by atoms with Gasteiger partial charge in [0, 0.05) is 19.6 Å². The summed E-state index contributed by atoms with van der Waals surface area (Å²) in [7, 11) is 1.19. The van der Waals surface area contributed by atoms with Crippen LogP contribution in [0.3, 0.4) is 0 Å². The topological polar surface area (TPSA) is 316 Å². The molecule has 3 aromatic heterocycles. The average Bonchev–Trinajstić information content (AvgIpc) is 4.28. The predicted octanol–water partition coefficient (Wildman–Crippen LogP) is 9.24. The van der Waals surface area contributed by atoms with Crippen LogP contribution in [0.4, 0.5) is 19.2 Å². The molecule has 6 N–H and O–H groups in total. The Morgan fingerprint density at radius 3 is 1.14 bits per heavy atom. The van der Waals surface area contributed by atoms with Crippen molar-refractivity contribution < 1.29 is 70.5 Å². The lowest BCUT2D eigenvalue weighted by molar-refractivity contribution is 0.0490. The summed E-state index contributed by atoms with van der Waals surface area (Å²) in [6.07, 6.45) is 4.33. The standard InChI is InChI=1S/C57H69N9O15/c1-57(2,3)81-56(73)66-43(28-16-19-31-60-55(72)80-34-40-24-12-7-13-25-40)51-64-45(36-76-51)48(68)61-41(26-14-17-29-58-53(70)78-32-38-20-8-5-9-21-38)49-63-44(35-75-49)47(67)62-42(50-65-46(37-77-50)52(69)74-4)27-15-18-30-59-54(71)79-33-39-22-10-6-11-23-39/h5-13,20-25,35-37,41-43H,14-19,26-34H2,1-4H3,(H,58,70)(H,59,71)(H,60,72)(H,61,68)(H,62,67)(H,66,73)/t41-,42-,43-/m0/s1. The monoisotopic (exact) mass is 1120 g/mol. The molecule has 0 fully saturated rings. The van der Waals surface area contributed by atoms with E-state index in [1.54, 1.807) is 20.8 Å². The number of carbonyl (C=O) groups is 7. The van der Waals surface area contributed by atoms with Crippen LogP contribution in [0.25, 0.3) is 0 Å². The Morgan fingerprint density at radius 1 is 0.457 bits per heavy atom. The highest BCUT2D eigenvalue weighted by atomic mass is 16.6. The van der Waals surface area contributed by atoms with Crippen LogP contribution < -0.4 is 31.9 Å². The molecule has 24 nitrogen and oxygen atoms in total. The molecule has 3 heterocycles. The summed E-state index contributed by atoms with van der Waals surface area (Å²) in [6.45, 7) is 6.22. The molecule has 6 rings (SSSR count). The first-order valence-corrected chi connectivity index (χ1v) is 26.5.